The third-order valence-electron chi connectivity index (χ3n) is 2.90. The van der Waals surface area contributed by atoms with E-state index < -0.39 is 0 Å². The number of aryl methyl sites for hydroxylation is 3. The number of nitrogens with one attached hydrogen (secondary N) is 1. The monoisotopic (exact) mass is 214 g/mol. The maximum atomic E-state index is 4.60. The van der Waals surface area contributed by atoms with Gasteiger partial charge in [-0.15, -0.1) is 0 Å². The third-order valence-corrected chi connectivity index (χ3v) is 2.90. The van der Waals surface area contributed by atoms with Crippen LogP contribution in [-0.2, 0) is 19.9 Å². The highest BCUT2D eigenvalue weighted by Crippen LogP contribution is 2.22. The predicted molar refractivity (Wildman–Crippen MR) is 62.8 cm³/mol. The average molecular weight is 214 g/mol. The van der Waals surface area contributed by atoms with Gasteiger partial charge in [-0.3, -0.25) is 4.68 Å². The highest BCUT2D eigenvalue weighted by Gasteiger charge is 2.12. The highest BCUT2D eigenvalue weighted by molar-refractivity contribution is 5.52. The molecule has 0 fully saturated rings. The largest absolute Gasteiger partial charge is 0.323 e. The van der Waals surface area contributed by atoms with Crippen LogP contribution in [0.3, 0.4) is 0 Å². The molecule has 16 heavy (non-hydrogen) atoms. The van der Waals surface area contributed by atoms with Crippen LogP contribution in [0.1, 0.15) is 17.7 Å². The zero-order chi connectivity index (χ0) is 11.0. The minimum Gasteiger partial charge on any atom is -0.323 e. The smallest absolute Gasteiger partial charge is 0.153 e. The molecule has 2 heterocycles. The first-order valence-electron chi connectivity index (χ1n) is 5.57. The van der Waals surface area contributed by atoms with Crippen molar-refractivity contribution >= 4 is 11.6 Å². The van der Waals surface area contributed by atoms with E-state index in [4.69, 9.17) is 0 Å². The van der Waals surface area contributed by atoms with Crippen molar-refractivity contribution in [1.29, 1.82) is 0 Å². The van der Waals surface area contributed by atoms with Gasteiger partial charge >= 0.3 is 0 Å². The Balaban J connectivity index is 1.85. The van der Waals surface area contributed by atoms with Crippen molar-refractivity contribution < 1.29 is 0 Å². The molecule has 0 saturated heterocycles. The van der Waals surface area contributed by atoms with Crippen LogP contribution >= 0.6 is 0 Å². The van der Waals surface area contributed by atoms with Gasteiger partial charge in [-0.1, -0.05) is 6.07 Å². The Bertz CT molecular complexity index is 515. The van der Waals surface area contributed by atoms with E-state index in [1.54, 1.807) is 4.68 Å². The fraction of sp³-hybridized carbons (Fsp3) is 0.333. The summed E-state index contributed by atoms with van der Waals surface area (Å²) in [5, 5.41) is 7.48. The number of pyridine rings is 1. The zero-order valence-corrected chi connectivity index (χ0v) is 9.27. The van der Waals surface area contributed by atoms with Gasteiger partial charge in [0.2, 0.25) is 0 Å². The second-order valence-electron chi connectivity index (χ2n) is 4.16. The maximum absolute atomic E-state index is 4.60. The topological polar surface area (TPSA) is 42.7 Å². The van der Waals surface area contributed by atoms with Gasteiger partial charge in [0, 0.05) is 25.0 Å². The molecule has 1 aliphatic rings. The molecule has 3 rings (SSSR count). The summed E-state index contributed by atoms with van der Waals surface area (Å²) in [6.07, 6.45) is 5.42. The molecule has 1 aliphatic carbocycles. The lowest BCUT2D eigenvalue weighted by Crippen LogP contribution is -1.98. The van der Waals surface area contributed by atoms with Crippen LogP contribution in [0.5, 0.6) is 0 Å². The van der Waals surface area contributed by atoms with E-state index >= 15 is 0 Å². The highest BCUT2D eigenvalue weighted by atomic mass is 15.3. The van der Waals surface area contributed by atoms with Crippen LogP contribution in [0, 0.1) is 0 Å². The molecule has 4 heteroatoms. The number of hydrogen-bond donors (Lipinski definition) is 1. The van der Waals surface area contributed by atoms with Crippen LogP contribution in [0.15, 0.2) is 24.4 Å². The summed E-state index contributed by atoms with van der Waals surface area (Å²) in [6.45, 7) is 0. The average Bonchev–Trinajstić information content (AvgIpc) is 2.87. The second-order valence-corrected chi connectivity index (χ2v) is 4.16. The molecule has 82 valence electrons. The van der Waals surface area contributed by atoms with E-state index in [0.29, 0.717) is 0 Å². The molecule has 0 aliphatic heterocycles. The van der Waals surface area contributed by atoms with Crippen molar-refractivity contribution in [1.82, 2.24) is 14.8 Å². The standard InChI is InChI=1S/C12H14N4/c1-16-8-7-12(15-16)14-11-6-5-9-3-2-4-10(9)13-11/h5-8H,2-4H2,1H3,(H,13,14,15). The van der Waals surface area contributed by atoms with Gasteiger partial charge in [-0.05, 0) is 30.9 Å². The van der Waals surface area contributed by atoms with Crippen LogP contribution in [0.4, 0.5) is 11.6 Å². The lowest BCUT2D eigenvalue weighted by molar-refractivity contribution is 0.771. The van der Waals surface area contributed by atoms with Gasteiger partial charge in [0.15, 0.2) is 5.82 Å². The Labute approximate surface area is 94.3 Å². The summed E-state index contributed by atoms with van der Waals surface area (Å²) in [4.78, 5) is 4.60. The Morgan fingerprint density at radius 3 is 2.94 bits per heavy atom. The lowest BCUT2D eigenvalue weighted by atomic mass is 10.2. The fourth-order valence-electron chi connectivity index (χ4n) is 2.10. The Kier molecular flexibility index (Phi) is 2.13. The molecule has 0 saturated carbocycles. The molecule has 2 aromatic heterocycles. The first-order valence-corrected chi connectivity index (χ1v) is 5.57. The summed E-state index contributed by atoms with van der Waals surface area (Å²) in [6, 6.07) is 6.13. The molecule has 0 aromatic carbocycles. The molecule has 0 bridgehead atoms. The van der Waals surface area contributed by atoms with Gasteiger partial charge in [0.25, 0.3) is 0 Å². The van der Waals surface area contributed by atoms with E-state index in [1.165, 1.54) is 24.1 Å². The summed E-state index contributed by atoms with van der Waals surface area (Å²) in [7, 11) is 1.90. The van der Waals surface area contributed by atoms with Gasteiger partial charge in [0.1, 0.15) is 5.82 Å². The number of nitrogens with zero attached hydrogens (tertiary/aromatic N) is 3. The molecule has 2 aromatic rings. The summed E-state index contributed by atoms with van der Waals surface area (Å²) in [5.74, 6) is 1.73. The van der Waals surface area contributed by atoms with Gasteiger partial charge in [-0.2, -0.15) is 5.10 Å². The predicted octanol–water partition coefficient (Wildman–Crippen LogP) is 2.05. The molecule has 0 radical (unpaired) electrons. The minimum atomic E-state index is 0.841. The summed E-state index contributed by atoms with van der Waals surface area (Å²) < 4.78 is 1.77. The van der Waals surface area contributed by atoms with E-state index in [1.807, 2.05) is 25.4 Å². The first kappa shape index (κ1) is 9.39. The third kappa shape index (κ3) is 1.66. The summed E-state index contributed by atoms with van der Waals surface area (Å²) in [5.41, 5.74) is 2.63. The minimum absolute atomic E-state index is 0.841. The van der Waals surface area contributed by atoms with E-state index in [9.17, 15) is 0 Å². The summed E-state index contributed by atoms with van der Waals surface area (Å²) >= 11 is 0. The number of aromatic nitrogens is 3. The quantitative estimate of drug-likeness (QED) is 0.832. The second kappa shape index (κ2) is 3.63. The number of fused-ring (bicyclic) bond motifs is 1. The van der Waals surface area contributed by atoms with E-state index in [0.717, 1.165) is 18.1 Å². The lowest BCUT2D eigenvalue weighted by Gasteiger charge is -2.04. The van der Waals surface area contributed by atoms with Crippen LogP contribution in [-0.4, -0.2) is 14.8 Å². The fourth-order valence-corrected chi connectivity index (χ4v) is 2.10. The zero-order valence-electron chi connectivity index (χ0n) is 9.27. The molecular weight excluding hydrogens is 200 g/mol. The van der Waals surface area contributed by atoms with Crippen molar-refractivity contribution in [2.45, 2.75) is 19.3 Å². The van der Waals surface area contributed by atoms with Crippen molar-refractivity contribution in [3.05, 3.63) is 35.7 Å². The van der Waals surface area contributed by atoms with E-state index in [-0.39, 0.29) is 0 Å². The SMILES string of the molecule is Cn1ccc(Nc2ccc3c(n2)CCC3)n1. The van der Waals surface area contributed by atoms with Crippen molar-refractivity contribution in [3.63, 3.8) is 0 Å². The van der Waals surface area contributed by atoms with Gasteiger partial charge in [0.05, 0.1) is 0 Å². The van der Waals surface area contributed by atoms with Crippen LogP contribution in [0.2, 0.25) is 0 Å². The molecule has 0 spiro atoms. The van der Waals surface area contributed by atoms with Crippen LogP contribution < -0.4 is 5.32 Å². The molecule has 0 unspecified atom stereocenters. The van der Waals surface area contributed by atoms with E-state index in [2.05, 4.69) is 21.5 Å². The van der Waals surface area contributed by atoms with Gasteiger partial charge < -0.3 is 5.32 Å². The first-order chi connectivity index (χ1) is 7.81. The van der Waals surface area contributed by atoms with Crippen molar-refractivity contribution in [2.75, 3.05) is 5.32 Å². The van der Waals surface area contributed by atoms with Crippen molar-refractivity contribution in [2.24, 2.45) is 7.05 Å². The molecular formula is C12H14N4. The number of hydrogen-bond acceptors (Lipinski definition) is 3. The van der Waals surface area contributed by atoms with Gasteiger partial charge in [-0.25, -0.2) is 4.98 Å². The Hall–Kier alpha value is -1.84. The van der Waals surface area contributed by atoms with Crippen LogP contribution in [0.25, 0.3) is 0 Å². The molecule has 4 nitrogen and oxygen atoms in total. The molecule has 1 N–H and O–H groups in total. The normalized spacial score (nSPS) is 13.8. The molecule has 0 amide bonds. The number of anilines is 2. The maximum Gasteiger partial charge on any atom is 0.153 e. The van der Waals surface area contributed by atoms with Crippen molar-refractivity contribution in [3.8, 4) is 0 Å². The molecule has 0 atom stereocenters. The number of rotatable bonds is 2. The Morgan fingerprint density at radius 2 is 2.12 bits per heavy atom. The Morgan fingerprint density at radius 1 is 1.19 bits per heavy atom.